The zero-order valence-electron chi connectivity index (χ0n) is 11.4. The summed E-state index contributed by atoms with van der Waals surface area (Å²) in [4.78, 5) is 11.6. The Bertz CT molecular complexity index is 442. The van der Waals surface area contributed by atoms with Crippen molar-refractivity contribution in [2.45, 2.75) is 37.4 Å². The second kappa shape index (κ2) is 7.91. The second-order valence-corrected chi connectivity index (χ2v) is 4.64. The van der Waals surface area contributed by atoms with Gasteiger partial charge in [0.05, 0.1) is 11.8 Å². The molecule has 0 aliphatic heterocycles. The Morgan fingerprint density at radius 2 is 1.52 bits per heavy atom. The number of benzene rings is 1. The fourth-order valence-corrected chi connectivity index (χ4v) is 1.56. The number of hydrazine groups is 1. The molecule has 8 heteroatoms. The van der Waals surface area contributed by atoms with Gasteiger partial charge in [0.1, 0.15) is 18.3 Å². The predicted molar refractivity (Wildman–Crippen MR) is 73.9 cm³/mol. The van der Waals surface area contributed by atoms with Crippen LogP contribution in [0.15, 0.2) is 30.3 Å². The second-order valence-electron chi connectivity index (χ2n) is 4.64. The zero-order valence-corrected chi connectivity index (χ0v) is 11.4. The van der Waals surface area contributed by atoms with E-state index in [1.165, 1.54) is 6.92 Å². The molecule has 0 radical (unpaired) electrons. The molecule has 0 saturated heterocycles. The van der Waals surface area contributed by atoms with E-state index in [9.17, 15) is 25.2 Å². The van der Waals surface area contributed by atoms with E-state index in [4.69, 9.17) is 5.11 Å². The van der Waals surface area contributed by atoms with E-state index in [2.05, 4.69) is 10.9 Å². The minimum atomic E-state index is -1.98. The van der Waals surface area contributed by atoms with Gasteiger partial charge in [-0.3, -0.25) is 15.6 Å². The number of hydrogen-bond acceptors (Lipinski definition) is 7. The maximum atomic E-state index is 11.6. The molecule has 5 atom stereocenters. The molecule has 0 saturated carbocycles. The normalized spacial score (nSPS) is 18.2. The SMILES string of the molecule is C[C@H](O)[C@H](O)[C@H](O)[C@H](O)[C@H](O)C(=O)NNc1ccccc1. The van der Waals surface area contributed by atoms with Gasteiger partial charge in [0, 0.05) is 0 Å². The number of anilines is 1. The number of carbonyl (C=O) groups excluding carboxylic acids is 1. The number of carbonyl (C=O) groups is 1. The van der Waals surface area contributed by atoms with Crippen LogP contribution >= 0.6 is 0 Å². The van der Waals surface area contributed by atoms with Crippen LogP contribution in [0.4, 0.5) is 5.69 Å². The van der Waals surface area contributed by atoms with E-state index in [0.29, 0.717) is 5.69 Å². The number of amides is 1. The molecule has 0 fully saturated rings. The average Bonchev–Trinajstić information content (AvgIpc) is 2.50. The lowest BCUT2D eigenvalue weighted by atomic mass is 9.99. The zero-order chi connectivity index (χ0) is 16.0. The topological polar surface area (TPSA) is 142 Å². The summed E-state index contributed by atoms with van der Waals surface area (Å²) in [5, 5.41) is 47.2. The first-order chi connectivity index (χ1) is 9.84. The maximum Gasteiger partial charge on any atom is 0.269 e. The van der Waals surface area contributed by atoms with E-state index in [0.717, 1.165) is 0 Å². The monoisotopic (exact) mass is 300 g/mol. The first-order valence-electron chi connectivity index (χ1n) is 6.36. The fraction of sp³-hybridized carbons (Fsp3) is 0.462. The van der Waals surface area contributed by atoms with Crippen LogP contribution in [0.5, 0.6) is 0 Å². The summed E-state index contributed by atoms with van der Waals surface area (Å²) in [6.07, 6.45) is -8.82. The summed E-state index contributed by atoms with van der Waals surface area (Å²) < 4.78 is 0. The third-order valence-electron chi connectivity index (χ3n) is 2.89. The minimum absolute atomic E-state index is 0.553. The van der Waals surface area contributed by atoms with Crippen LogP contribution in [0.2, 0.25) is 0 Å². The number of para-hydroxylation sites is 1. The van der Waals surface area contributed by atoms with Gasteiger partial charge in [0.2, 0.25) is 0 Å². The van der Waals surface area contributed by atoms with E-state index >= 15 is 0 Å². The average molecular weight is 300 g/mol. The number of aliphatic hydroxyl groups is 5. The third-order valence-corrected chi connectivity index (χ3v) is 2.89. The predicted octanol–water partition coefficient (Wildman–Crippen LogP) is -2.05. The molecule has 0 aliphatic rings. The molecule has 0 heterocycles. The molecule has 1 aromatic carbocycles. The van der Waals surface area contributed by atoms with Gasteiger partial charge >= 0.3 is 0 Å². The van der Waals surface area contributed by atoms with Gasteiger partial charge in [-0.25, -0.2) is 0 Å². The summed E-state index contributed by atoms with van der Waals surface area (Å²) in [5.74, 6) is -0.997. The largest absolute Gasteiger partial charge is 0.391 e. The molecule has 1 amide bonds. The van der Waals surface area contributed by atoms with Crippen LogP contribution in [-0.2, 0) is 4.79 Å². The van der Waals surface area contributed by atoms with Crippen molar-refractivity contribution in [3.8, 4) is 0 Å². The van der Waals surface area contributed by atoms with Gasteiger partial charge in [-0.05, 0) is 19.1 Å². The Hall–Kier alpha value is -1.71. The fourth-order valence-electron chi connectivity index (χ4n) is 1.56. The highest BCUT2D eigenvalue weighted by molar-refractivity contribution is 5.82. The molecule has 0 aliphatic carbocycles. The molecule has 7 N–H and O–H groups in total. The lowest BCUT2D eigenvalue weighted by Crippen LogP contribution is -2.53. The molecule has 0 aromatic heterocycles. The molecule has 1 aromatic rings. The Labute approximate surface area is 121 Å². The van der Waals surface area contributed by atoms with Crippen molar-refractivity contribution in [2.24, 2.45) is 0 Å². The highest BCUT2D eigenvalue weighted by Crippen LogP contribution is 2.09. The van der Waals surface area contributed by atoms with Crippen LogP contribution in [0, 0.1) is 0 Å². The van der Waals surface area contributed by atoms with Crippen molar-refractivity contribution < 1.29 is 30.3 Å². The molecule has 0 unspecified atom stereocenters. The van der Waals surface area contributed by atoms with Crippen molar-refractivity contribution in [2.75, 3.05) is 5.43 Å². The highest BCUT2D eigenvalue weighted by Gasteiger charge is 2.36. The molecule has 1 rings (SSSR count). The maximum absolute atomic E-state index is 11.6. The molecule has 0 spiro atoms. The Morgan fingerprint density at radius 3 is 2.05 bits per heavy atom. The molecule has 21 heavy (non-hydrogen) atoms. The third kappa shape index (κ3) is 4.96. The van der Waals surface area contributed by atoms with Gasteiger partial charge in [0.25, 0.3) is 5.91 Å². The van der Waals surface area contributed by atoms with Crippen LogP contribution in [0.3, 0.4) is 0 Å². The summed E-state index contributed by atoms with van der Waals surface area (Å²) in [6, 6.07) is 8.55. The number of hydrogen-bond donors (Lipinski definition) is 7. The van der Waals surface area contributed by atoms with E-state index in [1.54, 1.807) is 30.3 Å². The van der Waals surface area contributed by atoms with Crippen molar-refractivity contribution >= 4 is 11.6 Å². The van der Waals surface area contributed by atoms with Crippen molar-refractivity contribution in [1.29, 1.82) is 0 Å². The molecule has 118 valence electrons. The number of aliphatic hydroxyl groups excluding tert-OH is 5. The quantitative estimate of drug-likeness (QED) is 0.287. The number of nitrogens with one attached hydrogen (secondary N) is 2. The smallest absolute Gasteiger partial charge is 0.269 e. The summed E-state index contributed by atoms with van der Waals surface area (Å²) >= 11 is 0. The van der Waals surface area contributed by atoms with Crippen LogP contribution in [0.1, 0.15) is 6.92 Å². The Morgan fingerprint density at radius 1 is 0.952 bits per heavy atom. The van der Waals surface area contributed by atoms with Gasteiger partial charge in [-0.2, -0.15) is 0 Å². The molecular weight excluding hydrogens is 280 g/mol. The van der Waals surface area contributed by atoms with E-state index < -0.39 is 36.4 Å². The van der Waals surface area contributed by atoms with Gasteiger partial charge in [0.15, 0.2) is 6.10 Å². The van der Waals surface area contributed by atoms with Gasteiger partial charge in [-0.15, -0.1) is 0 Å². The minimum Gasteiger partial charge on any atom is -0.391 e. The summed E-state index contributed by atoms with van der Waals surface area (Å²) in [7, 11) is 0. The standard InChI is InChI=1S/C13H20N2O6/c1-7(16)9(17)10(18)11(19)12(20)13(21)15-14-8-5-3-2-4-6-8/h2-7,9-12,14,16-20H,1H3,(H,15,21)/t7-,9-,10-,11-,12-/m0/s1. The summed E-state index contributed by atoms with van der Waals surface area (Å²) in [6.45, 7) is 1.20. The Kier molecular flexibility index (Phi) is 6.53. The molecule has 8 nitrogen and oxygen atoms in total. The Balaban J connectivity index is 2.53. The molecule has 0 bridgehead atoms. The van der Waals surface area contributed by atoms with Crippen molar-refractivity contribution in [3.05, 3.63) is 30.3 Å². The van der Waals surface area contributed by atoms with Crippen LogP contribution < -0.4 is 10.9 Å². The van der Waals surface area contributed by atoms with E-state index in [-0.39, 0.29) is 0 Å². The first kappa shape index (κ1) is 17.3. The lowest BCUT2D eigenvalue weighted by molar-refractivity contribution is -0.153. The number of rotatable bonds is 7. The van der Waals surface area contributed by atoms with Gasteiger partial charge < -0.3 is 25.5 Å². The van der Waals surface area contributed by atoms with Crippen molar-refractivity contribution in [3.63, 3.8) is 0 Å². The summed E-state index contributed by atoms with van der Waals surface area (Å²) in [5.41, 5.74) is 5.21. The first-order valence-corrected chi connectivity index (χ1v) is 6.36. The highest BCUT2D eigenvalue weighted by atomic mass is 16.4. The molecular formula is C13H20N2O6. The van der Waals surface area contributed by atoms with Crippen LogP contribution in [0.25, 0.3) is 0 Å². The van der Waals surface area contributed by atoms with E-state index in [1.807, 2.05) is 0 Å². The van der Waals surface area contributed by atoms with Crippen LogP contribution in [-0.4, -0.2) is 62.0 Å². The van der Waals surface area contributed by atoms with Gasteiger partial charge in [-0.1, -0.05) is 18.2 Å². The lowest BCUT2D eigenvalue weighted by Gasteiger charge is -2.27. The van der Waals surface area contributed by atoms with Crippen molar-refractivity contribution in [1.82, 2.24) is 5.43 Å².